The van der Waals surface area contributed by atoms with Gasteiger partial charge in [0.2, 0.25) is 0 Å². The first-order valence-electron chi connectivity index (χ1n) is 4.82. The van der Waals surface area contributed by atoms with Crippen LogP contribution in [0.5, 0.6) is 0 Å². The van der Waals surface area contributed by atoms with E-state index in [2.05, 4.69) is 0 Å². The summed E-state index contributed by atoms with van der Waals surface area (Å²) in [5.74, 6) is -1.96. The molecule has 0 aromatic carbocycles. The first-order valence-corrected chi connectivity index (χ1v) is 4.82. The molecule has 14 heavy (non-hydrogen) atoms. The summed E-state index contributed by atoms with van der Waals surface area (Å²) < 4.78 is 10.9. The highest BCUT2D eigenvalue weighted by Crippen LogP contribution is 2.21. The van der Waals surface area contributed by atoms with E-state index in [1.807, 2.05) is 27.7 Å². The number of carbonyl (C=O) groups is 1. The quantitative estimate of drug-likeness (QED) is 0.672. The molecule has 0 amide bonds. The molecule has 0 bridgehead atoms. The van der Waals surface area contributed by atoms with Crippen molar-refractivity contribution in [3.8, 4) is 0 Å². The predicted octanol–water partition coefficient (Wildman–Crippen LogP) is 2.03. The van der Waals surface area contributed by atoms with Gasteiger partial charge in [-0.25, -0.2) is 0 Å². The Bertz CT molecular complexity index is 177. The van der Waals surface area contributed by atoms with Crippen LogP contribution in [-0.4, -0.2) is 29.1 Å². The molecule has 0 radical (unpaired) electrons. The smallest absolute Gasteiger partial charge is 0.308 e. The zero-order chi connectivity index (χ0) is 11.4. The molecule has 0 spiro atoms. The largest absolute Gasteiger partial charge is 0.481 e. The van der Waals surface area contributed by atoms with E-state index in [-0.39, 0.29) is 18.6 Å². The summed E-state index contributed by atoms with van der Waals surface area (Å²) in [5, 5.41) is 8.71. The molecular weight excluding hydrogens is 184 g/mol. The van der Waals surface area contributed by atoms with E-state index in [0.717, 1.165) is 0 Å². The number of rotatable bonds is 6. The summed E-state index contributed by atoms with van der Waals surface area (Å²) in [7, 11) is 0. The van der Waals surface area contributed by atoms with E-state index in [1.165, 1.54) is 0 Å². The molecule has 0 aromatic rings. The average molecular weight is 204 g/mol. The van der Waals surface area contributed by atoms with Crippen molar-refractivity contribution in [2.24, 2.45) is 0 Å². The molecule has 1 N–H and O–H groups in total. The fourth-order valence-electron chi connectivity index (χ4n) is 1.38. The number of aliphatic carboxylic acids is 1. The monoisotopic (exact) mass is 204 g/mol. The van der Waals surface area contributed by atoms with Crippen LogP contribution in [0.25, 0.3) is 0 Å². The van der Waals surface area contributed by atoms with E-state index >= 15 is 0 Å². The van der Waals surface area contributed by atoms with Gasteiger partial charge in [0.05, 0.1) is 18.6 Å². The van der Waals surface area contributed by atoms with Gasteiger partial charge in [0.1, 0.15) is 0 Å². The van der Waals surface area contributed by atoms with E-state index in [4.69, 9.17) is 14.6 Å². The molecule has 4 nitrogen and oxygen atoms in total. The maximum absolute atomic E-state index is 10.6. The van der Waals surface area contributed by atoms with Crippen molar-refractivity contribution in [1.29, 1.82) is 0 Å². The highest BCUT2D eigenvalue weighted by atomic mass is 16.7. The van der Waals surface area contributed by atoms with Gasteiger partial charge in [0, 0.05) is 0 Å². The van der Waals surface area contributed by atoms with Crippen molar-refractivity contribution in [1.82, 2.24) is 0 Å². The lowest BCUT2D eigenvalue weighted by molar-refractivity contribution is -0.260. The minimum absolute atomic E-state index is 0.0573. The molecule has 0 fully saturated rings. The maximum atomic E-state index is 10.6. The molecule has 0 aliphatic carbocycles. The van der Waals surface area contributed by atoms with Gasteiger partial charge < -0.3 is 14.6 Å². The fraction of sp³-hybridized carbons (Fsp3) is 0.900. The Balaban J connectivity index is 4.40. The molecule has 0 saturated carbocycles. The summed E-state index contributed by atoms with van der Waals surface area (Å²) in [5.41, 5.74) is 0. The second kappa shape index (κ2) is 5.32. The molecule has 0 aromatic heterocycles. The first-order chi connectivity index (χ1) is 6.25. The standard InChI is InChI=1S/C10H20O4/c1-7(2)13-10(5,6-9(11)12)14-8(3)4/h7-8H,6H2,1-5H3,(H,11,12). The summed E-state index contributed by atoms with van der Waals surface area (Å²) in [6.45, 7) is 9.06. The second-order valence-corrected chi connectivity index (χ2v) is 4.04. The number of hydrogen-bond donors (Lipinski definition) is 1. The number of hydrogen-bond acceptors (Lipinski definition) is 3. The van der Waals surface area contributed by atoms with Gasteiger partial charge in [-0.05, 0) is 34.6 Å². The van der Waals surface area contributed by atoms with Gasteiger partial charge in [-0.1, -0.05) is 0 Å². The minimum Gasteiger partial charge on any atom is -0.481 e. The molecule has 84 valence electrons. The van der Waals surface area contributed by atoms with E-state index < -0.39 is 11.8 Å². The number of ether oxygens (including phenoxy) is 2. The van der Waals surface area contributed by atoms with Crippen LogP contribution in [0.1, 0.15) is 41.0 Å². The van der Waals surface area contributed by atoms with Crippen LogP contribution in [0, 0.1) is 0 Å². The third-order valence-electron chi connectivity index (χ3n) is 1.44. The molecule has 0 unspecified atom stereocenters. The van der Waals surface area contributed by atoms with Gasteiger partial charge in [0.15, 0.2) is 5.79 Å². The zero-order valence-corrected chi connectivity index (χ0v) is 9.53. The van der Waals surface area contributed by atoms with Crippen LogP contribution >= 0.6 is 0 Å². The van der Waals surface area contributed by atoms with Crippen LogP contribution in [-0.2, 0) is 14.3 Å². The first kappa shape index (κ1) is 13.4. The predicted molar refractivity (Wildman–Crippen MR) is 53.1 cm³/mol. The molecule has 0 saturated heterocycles. The van der Waals surface area contributed by atoms with Crippen molar-refractivity contribution in [2.45, 2.75) is 59.0 Å². The van der Waals surface area contributed by atoms with Crippen molar-refractivity contribution in [3.05, 3.63) is 0 Å². The average Bonchev–Trinajstić information content (AvgIpc) is 1.76. The zero-order valence-electron chi connectivity index (χ0n) is 9.53. The molecule has 0 heterocycles. The molecule has 0 rings (SSSR count). The second-order valence-electron chi connectivity index (χ2n) is 4.04. The third kappa shape index (κ3) is 5.94. The Labute approximate surface area is 85.2 Å². The Morgan fingerprint density at radius 1 is 1.21 bits per heavy atom. The lowest BCUT2D eigenvalue weighted by Crippen LogP contribution is -2.39. The highest BCUT2D eigenvalue weighted by Gasteiger charge is 2.31. The molecule has 0 aliphatic heterocycles. The van der Waals surface area contributed by atoms with Crippen molar-refractivity contribution in [2.75, 3.05) is 0 Å². The lowest BCUT2D eigenvalue weighted by atomic mass is 10.2. The molecular formula is C10H20O4. The van der Waals surface area contributed by atoms with Gasteiger partial charge in [-0.3, -0.25) is 4.79 Å². The van der Waals surface area contributed by atoms with Crippen LogP contribution < -0.4 is 0 Å². The fourth-order valence-corrected chi connectivity index (χ4v) is 1.38. The van der Waals surface area contributed by atoms with Gasteiger partial charge in [0.25, 0.3) is 0 Å². The third-order valence-corrected chi connectivity index (χ3v) is 1.44. The molecule has 4 heteroatoms. The summed E-state index contributed by atoms with van der Waals surface area (Å²) >= 11 is 0. The number of carboxylic acid groups (broad SMARTS) is 1. The van der Waals surface area contributed by atoms with E-state index in [1.54, 1.807) is 6.92 Å². The SMILES string of the molecule is CC(C)OC(C)(CC(=O)O)OC(C)C. The van der Waals surface area contributed by atoms with Crippen molar-refractivity contribution < 1.29 is 19.4 Å². The van der Waals surface area contributed by atoms with Crippen LogP contribution in [0.4, 0.5) is 0 Å². The number of carboxylic acids is 1. The molecule has 0 atom stereocenters. The topological polar surface area (TPSA) is 55.8 Å². The van der Waals surface area contributed by atoms with Crippen molar-refractivity contribution in [3.63, 3.8) is 0 Å². The van der Waals surface area contributed by atoms with Crippen LogP contribution in [0.15, 0.2) is 0 Å². The van der Waals surface area contributed by atoms with Crippen molar-refractivity contribution >= 4 is 5.97 Å². The Morgan fingerprint density at radius 3 is 1.79 bits per heavy atom. The summed E-state index contributed by atoms with van der Waals surface area (Å²) in [4.78, 5) is 10.6. The summed E-state index contributed by atoms with van der Waals surface area (Å²) in [6.07, 6.45) is -0.264. The Kier molecular flexibility index (Phi) is 5.08. The van der Waals surface area contributed by atoms with Crippen LogP contribution in [0.2, 0.25) is 0 Å². The van der Waals surface area contributed by atoms with Gasteiger partial charge in [-0.15, -0.1) is 0 Å². The maximum Gasteiger partial charge on any atom is 0.308 e. The minimum atomic E-state index is -1.03. The Morgan fingerprint density at radius 2 is 1.57 bits per heavy atom. The van der Waals surface area contributed by atoms with E-state index in [9.17, 15) is 4.79 Å². The van der Waals surface area contributed by atoms with E-state index in [0.29, 0.717) is 0 Å². The van der Waals surface area contributed by atoms with Crippen LogP contribution in [0.3, 0.4) is 0 Å². The van der Waals surface area contributed by atoms with Gasteiger partial charge in [-0.2, -0.15) is 0 Å². The normalized spacial score (nSPS) is 12.5. The lowest BCUT2D eigenvalue weighted by Gasteiger charge is -2.32. The Hall–Kier alpha value is -0.610. The van der Waals surface area contributed by atoms with Gasteiger partial charge >= 0.3 is 5.97 Å². The summed E-state index contributed by atoms with van der Waals surface area (Å²) in [6, 6.07) is 0. The molecule has 0 aliphatic rings. The highest BCUT2D eigenvalue weighted by molar-refractivity contribution is 5.67.